The number of aromatic amines is 1. The van der Waals surface area contributed by atoms with Crippen LogP contribution in [0.3, 0.4) is 0 Å². The lowest BCUT2D eigenvalue weighted by molar-refractivity contribution is 1.05. The molecular weight excluding hydrogens is 186 g/mol. The molecule has 80 valence electrons. The van der Waals surface area contributed by atoms with Crippen molar-refractivity contribution in [1.82, 2.24) is 10.2 Å². The molecule has 0 atom stereocenters. The van der Waals surface area contributed by atoms with Gasteiger partial charge in [0.2, 0.25) is 0 Å². The van der Waals surface area contributed by atoms with Crippen LogP contribution in [0.1, 0.15) is 19.5 Å². The van der Waals surface area contributed by atoms with Crippen LogP contribution in [0.5, 0.6) is 0 Å². The number of H-pyrrole nitrogens is 1. The van der Waals surface area contributed by atoms with Crippen LogP contribution in [0, 0.1) is 6.92 Å². The number of nitrogens with zero attached hydrogens (tertiary/aromatic N) is 1. The molecule has 1 aromatic heterocycles. The molecule has 0 amide bonds. The molecule has 0 radical (unpaired) electrons. The summed E-state index contributed by atoms with van der Waals surface area (Å²) in [4.78, 5) is 0. The number of benzene rings is 1. The minimum Gasteiger partial charge on any atom is -0.399 e. The molecule has 3 N–H and O–H groups in total. The van der Waals surface area contributed by atoms with E-state index in [0.717, 1.165) is 22.6 Å². The maximum Gasteiger partial charge on any atom is 0.0923 e. The highest BCUT2D eigenvalue weighted by Gasteiger charge is 1.99. The number of hydrogen-bond donors (Lipinski definition) is 2. The Morgan fingerprint density at radius 2 is 1.73 bits per heavy atom. The number of rotatable bonds is 1. The average Bonchev–Trinajstić information content (AvgIpc) is 2.69. The van der Waals surface area contributed by atoms with Gasteiger partial charge in [-0.05, 0) is 25.1 Å². The van der Waals surface area contributed by atoms with Gasteiger partial charge < -0.3 is 5.73 Å². The first-order valence-electron chi connectivity index (χ1n) is 5.13. The number of nitrogens with one attached hydrogen (secondary N) is 1. The van der Waals surface area contributed by atoms with Crippen LogP contribution < -0.4 is 5.73 Å². The van der Waals surface area contributed by atoms with Gasteiger partial charge in [-0.2, -0.15) is 5.10 Å². The van der Waals surface area contributed by atoms with E-state index >= 15 is 0 Å². The van der Waals surface area contributed by atoms with E-state index in [1.54, 1.807) is 0 Å². The van der Waals surface area contributed by atoms with E-state index in [-0.39, 0.29) is 0 Å². The van der Waals surface area contributed by atoms with Gasteiger partial charge in [0.05, 0.1) is 5.69 Å². The van der Waals surface area contributed by atoms with Gasteiger partial charge in [0.1, 0.15) is 0 Å². The van der Waals surface area contributed by atoms with Crippen molar-refractivity contribution in [3.05, 3.63) is 36.0 Å². The van der Waals surface area contributed by atoms with Crippen molar-refractivity contribution >= 4 is 5.69 Å². The Kier molecular flexibility index (Phi) is 3.92. The molecule has 0 unspecified atom stereocenters. The fraction of sp³-hybridized carbons (Fsp3) is 0.250. The maximum atomic E-state index is 5.58. The van der Waals surface area contributed by atoms with E-state index in [1.165, 1.54) is 0 Å². The fourth-order valence-corrected chi connectivity index (χ4v) is 1.22. The summed E-state index contributed by atoms with van der Waals surface area (Å²) in [7, 11) is 0. The molecule has 0 fully saturated rings. The zero-order valence-electron chi connectivity index (χ0n) is 9.41. The van der Waals surface area contributed by atoms with Crippen molar-refractivity contribution in [1.29, 1.82) is 0 Å². The lowest BCUT2D eigenvalue weighted by Crippen LogP contribution is -1.83. The molecule has 1 aromatic carbocycles. The monoisotopic (exact) mass is 203 g/mol. The van der Waals surface area contributed by atoms with Crippen LogP contribution in [0.25, 0.3) is 11.3 Å². The van der Waals surface area contributed by atoms with Crippen molar-refractivity contribution in [3.63, 3.8) is 0 Å². The van der Waals surface area contributed by atoms with Gasteiger partial charge in [0, 0.05) is 16.9 Å². The predicted molar refractivity (Wildman–Crippen MR) is 64.5 cm³/mol. The molecule has 0 saturated carbocycles. The zero-order chi connectivity index (χ0) is 11.3. The summed E-state index contributed by atoms with van der Waals surface area (Å²) in [5.41, 5.74) is 9.46. The van der Waals surface area contributed by atoms with E-state index in [1.807, 2.05) is 51.1 Å². The standard InChI is InChI=1S/C10H11N3.C2H6/c1-7-6-10(13-12-7)8-2-4-9(11)5-3-8;1-2/h2-6H,11H2,1H3,(H,12,13);1-2H3. The lowest BCUT2D eigenvalue weighted by Gasteiger charge is -1.95. The van der Waals surface area contributed by atoms with Gasteiger partial charge in [0.25, 0.3) is 0 Å². The molecule has 2 rings (SSSR count). The normalized spacial score (nSPS) is 9.27. The molecule has 3 nitrogen and oxygen atoms in total. The van der Waals surface area contributed by atoms with E-state index in [2.05, 4.69) is 10.2 Å². The molecule has 0 aliphatic carbocycles. The van der Waals surface area contributed by atoms with Crippen LogP contribution in [0.2, 0.25) is 0 Å². The maximum absolute atomic E-state index is 5.58. The highest BCUT2D eigenvalue weighted by molar-refractivity contribution is 5.61. The smallest absolute Gasteiger partial charge is 0.0923 e. The Morgan fingerprint density at radius 3 is 2.20 bits per heavy atom. The summed E-state index contributed by atoms with van der Waals surface area (Å²) in [6.45, 7) is 5.98. The zero-order valence-corrected chi connectivity index (χ0v) is 9.41. The summed E-state index contributed by atoms with van der Waals surface area (Å²) in [5.74, 6) is 0. The third-order valence-corrected chi connectivity index (χ3v) is 1.91. The highest BCUT2D eigenvalue weighted by Crippen LogP contribution is 2.18. The second-order valence-electron chi connectivity index (χ2n) is 3.06. The summed E-state index contributed by atoms with van der Waals surface area (Å²) < 4.78 is 0. The minimum absolute atomic E-state index is 0.774. The van der Waals surface area contributed by atoms with Crippen molar-refractivity contribution in [3.8, 4) is 11.3 Å². The molecule has 0 saturated heterocycles. The van der Waals surface area contributed by atoms with E-state index in [4.69, 9.17) is 5.73 Å². The molecule has 0 spiro atoms. The van der Waals surface area contributed by atoms with E-state index in [0.29, 0.717) is 0 Å². The van der Waals surface area contributed by atoms with Crippen LogP contribution >= 0.6 is 0 Å². The Balaban J connectivity index is 0.000000531. The van der Waals surface area contributed by atoms with Crippen molar-refractivity contribution in [2.45, 2.75) is 20.8 Å². The first-order valence-corrected chi connectivity index (χ1v) is 5.13. The topological polar surface area (TPSA) is 54.7 Å². The second kappa shape index (κ2) is 5.20. The van der Waals surface area contributed by atoms with E-state index in [9.17, 15) is 0 Å². The molecule has 0 bridgehead atoms. The summed E-state index contributed by atoms with van der Waals surface area (Å²) in [6.07, 6.45) is 0. The van der Waals surface area contributed by atoms with Gasteiger partial charge in [-0.25, -0.2) is 0 Å². The predicted octanol–water partition coefficient (Wildman–Crippen LogP) is 2.99. The van der Waals surface area contributed by atoms with E-state index < -0.39 is 0 Å². The Bertz CT molecular complexity index is 401. The number of aryl methyl sites for hydroxylation is 1. The van der Waals surface area contributed by atoms with Crippen LogP contribution in [0.15, 0.2) is 30.3 Å². The van der Waals surface area contributed by atoms with Crippen molar-refractivity contribution in [2.24, 2.45) is 0 Å². The number of hydrogen-bond acceptors (Lipinski definition) is 2. The van der Waals surface area contributed by atoms with Crippen LogP contribution in [-0.2, 0) is 0 Å². The Morgan fingerprint density at radius 1 is 1.13 bits per heavy atom. The Labute approximate surface area is 90.3 Å². The van der Waals surface area contributed by atoms with Gasteiger partial charge in [-0.1, -0.05) is 26.0 Å². The van der Waals surface area contributed by atoms with Gasteiger partial charge in [-0.15, -0.1) is 0 Å². The van der Waals surface area contributed by atoms with Gasteiger partial charge in [0.15, 0.2) is 0 Å². The second-order valence-corrected chi connectivity index (χ2v) is 3.06. The van der Waals surface area contributed by atoms with Gasteiger partial charge in [-0.3, -0.25) is 5.10 Å². The largest absolute Gasteiger partial charge is 0.399 e. The molecule has 15 heavy (non-hydrogen) atoms. The summed E-state index contributed by atoms with van der Waals surface area (Å²) in [6, 6.07) is 9.68. The fourth-order valence-electron chi connectivity index (χ4n) is 1.22. The van der Waals surface area contributed by atoms with Crippen LogP contribution in [-0.4, -0.2) is 10.2 Å². The first-order chi connectivity index (χ1) is 7.25. The molecular formula is C12H17N3. The van der Waals surface area contributed by atoms with Crippen molar-refractivity contribution < 1.29 is 0 Å². The number of nitrogen functional groups attached to an aromatic ring is 1. The number of anilines is 1. The van der Waals surface area contributed by atoms with Crippen molar-refractivity contribution in [2.75, 3.05) is 5.73 Å². The molecule has 3 heteroatoms. The SMILES string of the molecule is CC.Cc1cc(-c2ccc(N)cc2)n[nH]1. The summed E-state index contributed by atoms with van der Waals surface area (Å²) >= 11 is 0. The van der Waals surface area contributed by atoms with Crippen LogP contribution in [0.4, 0.5) is 5.69 Å². The minimum atomic E-state index is 0.774. The first kappa shape index (κ1) is 11.3. The third kappa shape index (κ3) is 2.84. The highest BCUT2D eigenvalue weighted by atomic mass is 15.1. The third-order valence-electron chi connectivity index (χ3n) is 1.91. The molecule has 0 aliphatic rings. The number of aromatic nitrogens is 2. The molecule has 1 heterocycles. The molecule has 2 aromatic rings. The Hall–Kier alpha value is -1.77. The summed E-state index contributed by atoms with van der Waals surface area (Å²) in [5, 5.41) is 7.05. The quantitative estimate of drug-likeness (QED) is 0.700. The molecule has 0 aliphatic heterocycles. The number of nitrogens with two attached hydrogens (primary N) is 1. The average molecular weight is 203 g/mol. The lowest BCUT2D eigenvalue weighted by atomic mass is 10.1. The van der Waals surface area contributed by atoms with Gasteiger partial charge >= 0.3 is 0 Å².